The Balaban J connectivity index is 2.29. The molecule has 0 atom stereocenters. The Morgan fingerprint density at radius 3 is 2.39 bits per heavy atom. The van der Waals surface area contributed by atoms with E-state index in [1.165, 1.54) is 0 Å². The molecule has 0 spiro atoms. The molecule has 0 aliphatic carbocycles. The zero-order valence-electron chi connectivity index (χ0n) is 9.99. The average Bonchev–Trinajstić information content (AvgIpc) is 2.38. The summed E-state index contributed by atoms with van der Waals surface area (Å²) >= 11 is 5.65. The normalized spacial score (nSPS) is 10.1. The number of carboxylic acid groups (broad SMARTS) is 1. The van der Waals surface area contributed by atoms with Gasteiger partial charge in [-0.1, -0.05) is 12.1 Å². The molecule has 1 rings (SSSR count). The maximum atomic E-state index is 11.7. The van der Waals surface area contributed by atoms with E-state index in [1.54, 1.807) is 12.1 Å². The van der Waals surface area contributed by atoms with Gasteiger partial charge in [0.05, 0.1) is 0 Å². The number of benzene rings is 1. The number of nitrogens with one attached hydrogen (secondary N) is 1. The average molecular weight is 270 g/mol. The van der Waals surface area contributed by atoms with E-state index in [-0.39, 0.29) is 12.3 Å². The van der Waals surface area contributed by atoms with E-state index < -0.39 is 5.97 Å². The number of unbranched alkanes of at least 4 members (excludes halogenated alkanes) is 1. The number of halogens is 1. The van der Waals surface area contributed by atoms with Gasteiger partial charge in [-0.2, -0.15) is 0 Å². The van der Waals surface area contributed by atoms with Gasteiger partial charge in [-0.15, -0.1) is 11.6 Å². The van der Waals surface area contributed by atoms with Gasteiger partial charge in [-0.3, -0.25) is 9.59 Å². The highest BCUT2D eigenvalue weighted by atomic mass is 35.5. The predicted molar refractivity (Wildman–Crippen MR) is 69.8 cm³/mol. The van der Waals surface area contributed by atoms with Gasteiger partial charge in [0.2, 0.25) is 0 Å². The van der Waals surface area contributed by atoms with Crippen LogP contribution in [0.25, 0.3) is 0 Å². The lowest BCUT2D eigenvalue weighted by Crippen LogP contribution is -2.24. The van der Waals surface area contributed by atoms with E-state index in [0.717, 1.165) is 5.56 Å². The highest BCUT2D eigenvalue weighted by molar-refractivity contribution is 6.17. The molecule has 98 valence electrons. The molecule has 0 aliphatic heterocycles. The van der Waals surface area contributed by atoms with Crippen molar-refractivity contribution in [3.63, 3.8) is 0 Å². The standard InChI is InChI=1S/C13H16ClNO3/c14-9-10-4-6-11(7-5-10)13(18)15-8-2-1-3-12(16)17/h4-7H,1-3,8-9H2,(H,15,18)(H,16,17). The summed E-state index contributed by atoms with van der Waals surface area (Å²) in [4.78, 5) is 22.0. The summed E-state index contributed by atoms with van der Waals surface area (Å²) in [5.74, 6) is -0.527. The highest BCUT2D eigenvalue weighted by Gasteiger charge is 2.04. The first-order valence-electron chi connectivity index (χ1n) is 5.78. The molecular weight excluding hydrogens is 254 g/mol. The third kappa shape index (κ3) is 5.19. The van der Waals surface area contributed by atoms with E-state index in [4.69, 9.17) is 16.7 Å². The van der Waals surface area contributed by atoms with Crippen molar-refractivity contribution in [3.05, 3.63) is 35.4 Å². The molecule has 0 heterocycles. The van der Waals surface area contributed by atoms with Crippen LogP contribution in [0, 0.1) is 0 Å². The van der Waals surface area contributed by atoms with E-state index >= 15 is 0 Å². The Labute approximate surface area is 111 Å². The van der Waals surface area contributed by atoms with Gasteiger partial charge < -0.3 is 10.4 Å². The molecule has 4 nitrogen and oxygen atoms in total. The first kappa shape index (κ1) is 14.5. The van der Waals surface area contributed by atoms with Gasteiger partial charge in [0, 0.05) is 24.4 Å². The molecule has 0 bridgehead atoms. The molecule has 0 fully saturated rings. The molecular formula is C13H16ClNO3. The molecule has 1 aromatic rings. The van der Waals surface area contributed by atoms with E-state index in [1.807, 2.05) is 12.1 Å². The number of rotatable bonds is 7. The van der Waals surface area contributed by atoms with Crippen LogP contribution in [0.1, 0.15) is 35.2 Å². The molecule has 0 unspecified atom stereocenters. The summed E-state index contributed by atoms with van der Waals surface area (Å²) in [6, 6.07) is 7.08. The van der Waals surface area contributed by atoms with Crippen LogP contribution in [0.3, 0.4) is 0 Å². The monoisotopic (exact) mass is 269 g/mol. The van der Waals surface area contributed by atoms with Crippen LogP contribution >= 0.6 is 11.6 Å². The molecule has 2 N–H and O–H groups in total. The Bertz CT molecular complexity index is 403. The predicted octanol–water partition coefficient (Wildman–Crippen LogP) is 2.41. The molecule has 18 heavy (non-hydrogen) atoms. The fourth-order valence-electron chi connectivity index (χ4n) is 1.45. The van der Waals surface area contributed by atoms with Crippen molar-refractivity contribution in [1.82, 2.24) is 5.32 Å². The minimum absolute atomic E-state index is 0.139. The molecule has 1 amide bonds. The van der Waals surface area contributed by atoms with Crippen molar-refractivity contribution in [2.45, 2.75) is 25.1 Å². The summed E-state index contributed by atoms with van der Waals surface area (Å²) < 4.78 is 0. The van der Waals surface area contributed by atoms with Gasteiger partial charge in [0.1, 0.15) is 0 Å². The number of amides is 1. The molecule has 0 saturated heterocycles. The smallest absolute Gasteiger partial charge is 0.303 e. The second kappa shape index (κ2) is 7.71. The third-order valence-corrected chi connectivity index (χ3v) is 2.78. The van der Waals surface area contributed by atoms with Gasteiger partial charge in [-0.05, 0) is 30.5 Å². The molecule has 0 radical (unpaired) electrons. The zero-order valence-corrected chi connectivity index (χ0v) is 10.7. The van der Waals surface area contributed by atoms with Crippen molar-refractivity contribution in [2.75, 3.05) is 6.54 Å². The number of carbonyl (C=O) groups is 2. The van der Waals surface area contributed by atoms with Crippen molar-refractivity contribution < 1.29 is 14.7 Å². The fraction of sp³-hybridized carbons (Fsp3) is 0.385. The van der Waals surface area contributed by atoms with Crippen LogP contribution in [-0.4, -0.2) is 23.5 Å². The van der Waals surface area contributed by atoms with Gasteiger partial charge in [0.15, 0.2) is 0 Å². The summed E-state index contributed by atoms with van der Waals surface area (Å²) in [7, 11) is 0. The van der Waals surface area contributed by atoms with Crippen molar-refractivity contribution >= 4 is 23.5 Å². The number of hydrogen-bond donors (Lipinski definition) is 2. The van der Waals surface area contributed by atoms with Crippen LogP contribution in [0.5, 0.6) is 0 Å². The van der Waals surface area contributed by atoms with Crippen LogP contribution in [0.4, 0.5) is 0 Å². The lowest BCUT2D eigenvalue weighted by Gasteiger charge is -2.05. The molecule has 1 aromatic carbocycles. The minimum atomic E-state index is -0.807. The first-order valence-corrected chi connectivity index (χ1v) is 6.32. The van der Waals surface area contributed by atoms with E-state index in [9.17, 15) is 9.59 Å². The quantitative estimate of drug-likeness (QED) is 0.590. The van der Waals surface area contributed by atoms with Gasteiger partial charge in [0.25, 0.3) is 5.91 Å². The number of carbonyl (C=O) groups excluding carboxylic acids is 1. The second-order valence-corrected chi connectivity index (χ2v) is 4.20. The summed E-state index contributed by atoms with van der Waals surface area (Å²) in [6.07, 6.45) is 1.37. The second-order valence-electron chi connectivity index (χ2n) is 3.94. The van der Waals surface area contributed by atoms with Gasteiger partial charge >= 0.3 is 5.97 Å². The van der Waals surface area contributed by atoms with Crippen LogP contribution in [-0.2, 0) is 10.7 Å². The van der Waals surface area contributed by atoms with Gasteiger partial charge in [-0.25, -0.2) is 0 Å². The van der Waals surface area contributed by atoms with E-state index in [0.29, 0.717) is 30.8 Å². The van der Waals surface area contributed by atoms with Crippen molar-refractivity contribution in [2.24, 2.45) is 0 Å². The Hall–Kier alpha value is -1.55. The molecule has 0 aliphatic rings. The third-order valence-electron chi connectivity index (χ3n) is 2.47. The molecule has 0 saturated carbocycles. The minimum Gasteiger partial charge on any atom is -0.481 e. The SMILES string of the molecule is O=C(O)CCCCNC(=O)c1ccc(CCl)cc1. The first-order chi connectivity index (χ1) is 8.63. The fourth-order valence-corrected chi connectivity index (χ4v) is 1.63. The van der Waals surface area contributed by atoms with Crippen molar-refractivity contribution in [3.8, 4) is 0 Å². The van der Waals surface area contributed by atoms with Crippen LogP contribution < -0.4 is 5.32 Å². The Kier molecular flexibility index (Phi) is 6.22. The lowest BCUT2D eigenvalue weighted by atomic mass is 10.1. The summed E-state index contributed by atoms with van der Waals surface area (Å²) in [6.45, 7) is 0.489. The van der Waals surface area contributed by atoms with Crippen LogP contribution in [0.15, 0.2) is 24.3 Å². The lowest BCUT2D eigenvalue weighted by molar-refractivity contribution is -0.137. The number of hydrogen-bond acceptors (Lipinski definition) is 2. The number of carboxylic acids is 1. The Morgan fingerprint density at radius 2 is 1.83 bits per heavy atom. The maximum absolute atomic E-state index is 11.7. The Morgan fingerprint density at radius 1 is 1.17 bits per heavy atom. The maximum Gasteiger partial charge on any atom is 0.303 e. The summed E-state index contributed by atoms with van der Waals surface area (Å²) in [5, 5.41) is 11.2. The molecule has 5 heteroatoms. The topological polar surface area (TPSA) is 66.4 Å². The zero-order chi connectivity index (χ0) is 13.4. The van der Waals surface area contributed by atoms with Crippen molar-refractivity contribution in [1.29, 1.82) is 0 Å². The molecule has 0 aromatic heterocycles. The number of alkyl halides is 1. The highest BCUT2D eigenvalue weighted by Crippen LogP contribution is 2.06. The number of aliphatic carboxylic acids is 1. The van der Waals surface area contributed by atoms with E-state index in [2.05, 4.69) is 5.32 Å². The van der Waals surface area contributed by atoms with Crippen LogP contribution in [0.2, 0.25) is 0 Å². The largest absolute Gasteiger partial charge is 0.481 e. The summed E-state index contributed by atoms with van der Waals surface area (Å²) in [5.41, 5.74) is 1.55.